The first-order valence-electron chi connectivity index (χ1n) is 28.0. The quantitative estimate of drug-likeness (QED) is 0.0291. The number of primary amides is 1. The molecule has 0 spiro atoms. The number of amides is 10. The fourth-order valence-corrected chi connectivity index (χ4v) is 9.48. The van der Waals surface area contributed by atoms with E-state index >= 15 is 0 Å². The molecule has 464 valence electrons. The van der Waals surface area contributed by atoms with Gasteiger partial charge in [-0.25, -0.2) is 0 Å². The average Bonchev–Trinajstić information content (AvgIpc) is 3.54. The van der Waals surface area contributed by atoms with Gasteiger partial charge in [-0.15, -0.1) is 11.8 Å². The van der Waals surface area contributed by atoms with E-state index in [1.165, 1.54) is 24.3 Å². The minimum Gasteiger partial charge on any atom is -0.508 e. The summed E-state index contributed by atoms with van der Waals surface area (Å²) in [5.41, 5.74) is 8.11. The predicted octanol–water partition coefficient (Wildman–Crippen LogP) is 1.64. The first-order chi connectivity index (χ1) is 40.0. The van der Waals surface area contributed by atoms with Crippen molar-refractivity contribution in [3.8, 4) is 5.75 Å². The van der Waals surface area contributed by atoms with Crippen molar-refractivity contribution in [2.45, 2.75) is 153 Å². The molecule has 10 amide bonds. The molecule has 25 nitrogen and oxygen atoms in total. The average molecular weight is 1200 g/mol. The van der Waals surface area contributed by atoms with Crippen molar-refractivity contribution in [2.75, 3.05) is 19.6 Å². The lowest BCUT2D eigenvalue weighted by Crippen LogP contribution is -2.60. The molecule has 0 aromatic heterocycles. The monoisotopic (exact) mass is 1200 g/mol. The summed E-state index contributed by atoms with van der Waals surface area (Å²) in [5.74, 6) is -11.9. The zero-order valence-electron chi connectivity index (χ0n) is 49.2. The largest absolute Gasteiger partial charge is 0.508 e. The summed E-state index contributed by atoms with van der Waals surface area (Å²) < 4.78 is 0. The molecule has 0 aliphatic heterocycles. The van der Waals surface area contributed by atoms with E-state index in [4.69, 9.17) is 5.73 Å². The maximum Gasteiger partial charge on any atom is 0.317 e. The first-order valence-corrected chi connectivity index (χ1v) is 28.9. The van der Waals surface area contributed by atoms with Gasteiger partial charge in [0, 0.05) is 36.3 Å². The van der Waals surface area contributed by atoms with Crippen molar-refractivity contribution < 1.29 is 72.9 Å². The third-order valence-corrected chi connectivity index (χ3v) is 14.5. The number of phenolic OH excluding ortho intramolecular Hbond substituents is 1. The highest BCUT2D eigenvalue weighted by molar-refractivity contribution is 8.00. The van der Waals surface area contributed by atoms with Gasteiger partial charge in [-0.1, -0.05) is 77.9 Å². The van der Waals surface area contributed by atoms with Gasteiger partial charge in [0.25, 0.3) is 5.91 Å². The molecule has 0 unspecified atom stereocenters. The second kappa shape index (κ2) is 35.6. The second-order valence-corrected chi connectivity index (χ2v) is 22.9. The highest BCUT2D eigenvalue weighted by atomic mass is 32.2. The van der Waals surface area contributed by atoms with Crippen molar-refractivity contribution in [1.82, 2.24) is 47.9 Å². The van der Waals surface area contributed by atoms with Crippen molar-refractivity contribution in [3.63, 3.8) is 0 Å². The summed E-state index contributed by atoms with van der Waals surface area (Å²) in [7, 11) is 0. The summed E-state index contributed by atoms with van der Waals surface area (Å²) in [4.78, 5) is 159. The normalized spacial score (nSPS) is 13.5. The number of phenols is 1. The third kappa shape index (κ3) is 25.9. The van der Waals surface area contributed by atoms with Crippen LogP contribution in [0.4, 0.5) is 0 Å². The Morgan fingerprint density at radius 3 is 1.66 bits per heavy atom. The molecule has 0 saturated carbocycles. The number of benzene rings is 3. The minimum atomic E-state index is -1.69. The van der Waals surface area contributed by atoms with E-state index in [0.29, 0.717) is 16.0 Å². The molecule has 3 rings (SSSR count). The van der Waals surface area contributed by atoms with E-state index in [0.717, 1.165) is 22.9 Å². The summed E-state index contributed by atoms with van der Waals surface area (Å²) >= 11 is 1.02. The number of nitrogens with one attached hydrogen (secondary N) is 9. The Kier molecular flexibility index (Phi) is 29.6. The minimum absolute atomic E-state index is 0.00524. The van der Waals surface area contributed by atoms with Crippen LogP contribution in [0.25, 0.3) is 0 Å². The number of hydrogen-bond acceptors (Lipinski definition) is 14. The number of nitrogens with two attached hydrogens (primary N) is 1. The van der Waals surface area contributed by atoms with Gasteiger partial charge < -0.3 is 68.9 Å². The highest BCUT2D eigenvalue weighted by Gasteiger charge is 2.34. The van der Waals surface area contributed by atoms with E-state index in [2.05, 4.69) is 47.9 Å². The van der Waals surface area contributed by atoms with E-state index in [1.54, 1.807) is 77.9 Å². The van der Waals surface area contributed by atoms with E-state index in [-0.39, 0.29) is 56.7 Å². The molecule has 7 atom stereocenters. The number of aryl methyl sites for hydroxylation is 2. The lowest BCUT2D eigenvalue weighted by atomic mass is 9.99. The molecule has 0 radical (unpaired) electrons. The molecule has 3 aromatic carbocycles. The van der Waals surface area contributed by atoms with Crippen LogP contribution in [0.15, 0.2) is 77.7 Å². The summed E-state index contributed by atoms with van der Waals surface area (Å²) in [5, 5.41) is 51.5. The Hall–Kier alpha value is -8.55. The van der Waals surface area contributed by atoms with Gasteiger partial charge in [-0.2, -0.15) is 0 Å². The van der Waals surface area contributed by atoms with Gasteiger partial charge in [-0.3, -0.25) is 57.5 Å². The molecule has 85 heavy (non-hydrogen) atoms. The Morgan fingerprint density at radius 1 is 0.553 bits per heavy atom. The summed E-state index contributed by atoms with van der Waals surface area (Å²) in [6.45, 7) is 12.8. The molecule has 0 fully saturated rings. The van der Waals surface area contributed by atoms with Crippen LogP contribution in [-0.4, -0.2) is 147 Å². The molecule has 0 aliphatic carbocycles. The number of carbonyl (C=O) groups is 12. The maximum absolute atomic E-state index is 14.5. The molecule has 0 saturated heterocycles. The maximum atomic E-state index is 14.5. The fourth-order valence-electron chi connectivity index (χ4n) is 8.43. The van der Waals surface area contributed by atoms with Crippen molar-refractivity contribution in [2.24, 2.45) is 23.5 Å². The third-order valence-electron chi connectivity index (χ3n) is 13.3. The van der Waals surface area contributed by atoms with Crippen LogP contribution >= 0.6 is 11.8 Å². The van der Waals surface area contributed by atoms with Crippen molar-refractivity contribution in [1.29, 1.82) is 0 Å². The number of rotatable bonds is 36. The first kappa shape index (κ1) is 70.7. The number of aliphatic carboxylic acids is 2. The zero-order valence-corrected chi connectivity index (χ0v) is 50.0. The topological polar surface area (TPSA) is 400 Å². The predicted molar refractivity (Wildman–Crippen MR) is 315 cm³/mol. The fraction of sp³-hybridized carbons (Fsp3) is 0.492. The van der Waals surface area contributed by atoms with Crippen LogP contribution in [0.1, 0.15) is 114 Å². The Labute approximate surface area is 498 Å². The number of hydrogen-bond donors (Lipinski definition) is 13. The van der Waals surface area contributed by atoms with Crippen LogP contribution in [0.3, 0.4) is 0 Å². The van der Waals surface area contributed by atoms with E-state index < -0.39 is 150 Å². The van der Waals surface area contributed by atoms with Crippen LogP contribution in [0, 0.1) is 31.6 Å². The standard InChI is InChI=1S/C59H82N10O15S/c1-32(2)26-43(67-58(82)51(34(5)6)69-48(73)30-62-53(77)38-14-10-9-11-15-38)57(81)64-41(16-12-13-25-61-46(71)29-45(59(83)84)85-40-22-17-35(7)36(8)27-40)55(79)65-42(23-24-49(74)75)56(80)66-44(28-37-18-20-39(70)21-19-37)54(78)63-31-47(72)68-50(33(3)4)52(60)76/h9-11,14-15,17-22,27,32-34,41-45,50-51,70H,12-13,16,23-26,28-31H2,1-8H3,(H2,60,76)(H,61,71)(H,62,77)(H,63,78)(H,64,81)(H,65,79)(H,66,80)(H,67,82)(H,68,72)(H,69,73)(H,74,75)(H,83,84)/t41-,42-,43-,44-,45-,50-,51-/m0/s1. The molecule has 0 heterocycles. The lowest BCUT2D eigenvalue weighted by molar-refractivity contribution is -0.139. The van der Waals surface area contributed by atoms with Crippen LogP contribution in [0.5, 0.6) is 5.75 Å². The smallest absolute Gasteiger partial charge is 0.317 e. The lowest BCUT2D eigenvalue weighted by Gasteiger charge is -2.28. The van der Waals surface area contributed by atoms with Crippen molar-refractivity contribution in [3.05, 3.63) is 95.1 Å². The van der Waals surface area contributed by atoms with Gasteiger partial charge in [-0.05, 0) is 117 Å². The van der Waals surface area contributed by atoms with Gasteiger partial charge in [0.05, 0.1) is 13.1 Å². The molecule has 3 aromatic rings. The van der Waals surface area contributed by atoms with E-state index in [1.807, 2.05) is 26.0 Å². The van der Waals surface area contributed by atoms with Gasteiger partial charge in [0.15, 0.2) is 0 Å². The highest BCUT2D eigenvalue weighted by Crippen LogP contribution is 2.28. The van der Waals surface area contributed by atoms with Crippen LogP contribution in [-0.2, 0) is 59.2 Å². The Balaban J connectivity index is 1.92. The van der Waals surface area contributed by atoms with Gasteiger partial charge >= 0.3 is 11.9 Å². The Morgan fingerprint density at radius 2 is 1.11 bits per heavy atom. The molecule has 26 heteroatoms. The zero-order chi connectivity index (χ0) is 63.5. The van der Waals surface area contributed by atoms with Crippen LogP contribution < -0.4 is 53.6 Å². The molecule has 14 N–H and O–H groups in total. The van der Waals surface area contributed by atoms with Gasteiger partial charge in [0.1, 0.15) is 47.3 Å². The number of carboxylic acids is 2. The molecule has 0 aliphatic rings. The van der Waals surface area contributed by atoms with E-state index in [9.17, 15) is 72.9 Å². The number of aromatic hydroxyl groups is 1. The van der Waals surface area contributed by atoms with Crippen molar-refractivity contribution >= 4 is 82.8 Å². The molecular weight excluding hydrogens is 1120 g/mol. The number of carbonyl (C=O) groups excluding carboxylic acids is 10. The Bertz CT molecular complexity index is 2820. The number of carboxylic acid groups (broad SMARTS) is 2. The summed E-state index contributed by atoms with van der Waals surface area (Å²) in [6, 6.07) is 10.8. The van der Waals surface area contributed by atoms with Crippen LogP contribution in [0.2, 0.25) is 0 Å². The number of unbranched alkanes of at least 4 members (excludes halogenated alkanes) is 1. The second-order valence-electron chi connectivity index (χ2n) is 21.7. The summed E-state index contributed by atoms with van der Waals surface area (Å²) in [6.07, 6.45) is -1.71. The SMILES string of the molecule is Cc1ccc(S[C@@H](CC(=O)NCCCC[C@H](NC(=O)[C@H](CC(C)C)NC(=O)[C@@H](NC(=O)CNC(=O)c2ccccc2)C(C)C)C(=O)N[C@@H](CCC(=O)O)C(=O)N[C@@H](Cc2ccc(O)cc2)C(=O)NCC(=O)N[C@H](C(N)=O)C(C)C)C(=O)O)cc1C. The van der Waals surface area contributed by atoms with Gasteiger partial charge in [0.2, 0.25) is 53.2 Å². The molecular formula is C59H82N10O15S. The number of thioether (sulfide) groups is 1. The molecule has 0 bridgehead atoms.